The molecule has 2 aliphatic rings. The first-order chi connectivity index (χ1) is 12.1. The molecular weight excluding hydrogens is 356 g/mol. The molecule has 8 heteroatoms. The predicted octanol–water partition coefficient (Wildman–Crippen LogP) is 2.19. The highest BCUT2D eigenvalue weighted by Crippen LogP contribution is 2.38. The number of aromatic nitrogens is 2. The molecule has 0 spiro atoms. The fourth-order valence-electron chi connectivity index (χ4n) is 3.96. The number of halogens is 1. The smallest absolute Gasteiger partial charge is 0.257 e. The lowest BCUT2D eigenvalue weighted by Gasteiger charge is -2.20. The number of rotatable bonds is 4. The van der Waals surface area contributed by atoms with Crippen LogP contribution >= 0.6 is 12.4 Å². The Morgan fingerprint density at radius 1 is 1.35 bits per heavy atom. The number of ether oxygens (including phenoxy) is 1. The Balaban J connectivity index is 0.00000196. The van der Waals surface area contributed by atoms with Crippen molar-refractivity contribution in [2.75, 3.05) is 13.1 Å². The maximum Gasteiger partial charge on any atom is 0.257 e. The van der Waals surface area contributed by atoms with Crippen molar-refractivity contribution in [2.45, 2.75) is 32.4 Å². The van der Waals surface area contributed by atoms with Crippen LogP contribution in [0.2, 0.25) is 0 Å². The topological polar surface area (TPSA) is 94.5 Å². The maximum absolute atomic E-state index is 13.0. The monoisotopic (exact) mass is 378 g/mol. The average molecular weight is 379 g/mol. The van der Waals surface area contributed by atoms with Gasteiger partial charge in [-0.3, -0.25) is 4.79 Å². The van der Waals surface area contributed by atoms with E-state index in [0.717, 1.165) is 25.9 Å². The summed E-state index contributed by atoms with van der Waals surface area (Å²) in [6, 6.07) is 7.51. The Bertz CT molecular complexity index is 781. The van der Waals surface area contributed by atoms with E-state index in [1.165, 1.54) is 0 Å². The molecule has 3 atom stereocenters. The van der Waals surface area contributed by atoms with E-state index in [9.17, 15) is 4.79 Å². The number of aryl methyl sites for hydroxylation is 1. The van der Waals surface area contributed by atoms with Gasteiger partial charge < -0.3 is 19.9 Å². The summed E-state index contributed by atoms with van der Waals surface area (Å²) < 4.78 is 10.7. The molecule has 2 aromatic rings. The van der Waals surface area contributed by atoms with Gasteiger partial charge in [0.2, 0.25) is 11.7 Å². The number of carbonyl (C=O) groups excluding carboxylic acids is 1. The lowest BCUT2D eigenvalue weighted by atomic mass is 9.98. The Morgan fingerprint density at radius 3 is 2.88 bits per heavy atom. The molecule has 4 rings (SSSR count). The second-order valence-electron chi connectivity index (χ2n) is 6.89. The Kier molecular flexibility index (Phi) is 5.48. The highest BCUT2D eigenvalue weighted by atomic mass is 35.5. The zero-order chi connectivity index (χ0) is 17.4. The molecule has 140 valence electrons. The summed E-state index contributed by atoms with van der Waals surface area (Å²) in [5, 5.41) is 3.81. The lowest BCUT2D eigenvalue weighted by Crippen LogP contribution is -2.33. The molecule has 1 aliphatic carbocycles. The second-order valence-corrected chi connectivity index (χ2v) is 6.89. The summed E-state index contributed by atoms with van der Waals surface area (Å²) in [4.78, 5) is 19.0. The second kappa shape index (κ2) is 7.63. The van der Waals surface area contributed by atoms with E-state index >= 15 is 0 Å². The molecule has 1 aromatic carbocycles. The molecule has 3 unspecified atom stereocenters. The molecule has 2 N–H and O–H groups in total. The number of carbonyl (C=O) groups is 1. The summed E-state index contributed by atoms with van der Waals surface area (Å²) in [5.74, 6) is 2.45. The SMILES string of the molecule is Cc1nc(COc2ccccc2C(=O)N2CC3CCC(N)C3C2)no1.Cl. The van der Waals surface area contributed by atoms with Crippen molar-refractivity contribution in [1.82, 2.24) is 15.0 Å². The number of amides is 1. The van der Waals surface area contributed by atoms with Crippen molar-refractivity contribution in [1.29, 1.82) is 0 Å². The van der Waals surface area contributed by atoms with Gasteiger partial charge in [0.1, 0.15) is 5.75 Å². The van der Waals surface area contributed by atoms with Crippen LogP contribution in [0.25, 0.3) is 0 Å². The minimum Gasteiger partial charge on any atom is -0.485 e. The molecule has 1 saturated heterocycles. The van der Waals surface area contributed by atoms with Gasteiger partial charge in [0.05, 0.1) is 5.56 Å². The molecule has 0 radical (unpaired) electrons. The number of fused-ring (bicyclic) bond motifs is 1. The van der Waals surface area contributed by atoms with Gasteiger partial charge in [0.25, 0.3) is 5.91 Å². The highest BCUT2D eigenvalue weighted by molar-refractivity contribution is 5.97. The molecule has 26 heavy (non-hydrogen) atoms. The fraction of sp³-hybridized carbons (Fsp3) is 0.500. The molecule has 1 saturated carbocycles. The number of nitrogens with zero attached hydrogens (tertiary/aromatic N) is 3. The van der Waals surface area contributed by atoms with Crippen LogP contribution in [0.4, 0.5) is 0 Å². The van der Waals surface area contributed by atoms with Crippen molar-refractivity contribution >= 4 is 18.3 Å². The first-order valence-electron chi connectivity index (χ1n) is 8.67. The van der Waals surface area contributed by atoms with Crippen LogP contribution in [0.3, 0.4) is 0 Å². The first kappa shape index (κ1) is 18.7. The summed E-state index contributed by atoms with van der Waals surface area (Å²) in [6.45, 7) is 3.42. The number of para-hydroxylation sites is 1. The zero-order valence-corrected chi connectivity index (χ0v) is 15.4. The van der Waals surface area contributed by atoms with E-state index in [-0.39, 0.29) is 31.0 Å². The molecular formula is C18H23ClN4O3. The standard InChI is InChI=1S/C18H22N4O3.ClH/c1-11-20-17(21-25-11)10-24-16-5-3-2-4-13(16)18(23)22-8-12-6-7-15(19)14(12)9-22;/h2-5,12,14-15H,6-10,19H2,1H3;1H. The minimum absolute atomic E-state index is 0. The van der Waals surface area contributed by atoms with Gasteiger partial charge in [0.15, 0.2) is 6.61 Å². The molecule has 2 heterocycles. The number of benzene rings is 1. The van der Waals surface area contributed by atoms with Gasteiger partial charge in [-0.25, -0.2) is 0 Å². The van der Waals surface area contributed by atoms with Crippen LogP contribution in [-0.2, 0) is 6.61 Å². The number of hydrogen-bond donors (Lipinski definition) is 1. The predicted molar refractivity (Wildman–Crippen MR) is 97.1 cm³/mol. The normalized spacial score (nSPS) is 24.2. The molecule has 1 amide bonds. The summed E-state index contributed by atoms with van der Waals surface area (Å²) in [6.07, 6.45) is 2.19. The Hall–Kier alpha value is -2.12. The van der Waals surface area contributed by atoms with E-state index in [4.69, 9.17) is 15.0 Å². The lowest BCUT2D eigenvalue weighted by molar-refractivity contribution is 0.0774. The molecule has 2 fully saturated rings. The van der Waals surface area contributed by atoms with Crippen LogP contribution in [0.15, 0.2) is 28.8 Å². The van der Waals surface area contributed by atoms with E-state index in [0.29, 0.717) is 34.9 Å². The Labute approximate surface area is 158 Å². The molecule has 7 nitrogen and oxygen atoms in total. The minimum atomic E-state index is 0. The van der Waals surface area contributed by atoms with Crippen molar-refractivity contribution in [3.05, 3.63) is 41.5 Å². The van der Waals surface area contributed by atoms with Gasteiger partial charge >= 0.3 is 0 Å². The largest absolute Gasteiger partial charge is 0.485 e. The molecule has 0 bridgehead atoms. The van der Waals surface area contributed by atoms with Gasteiger partial charge in [0, 0.05) is 26.1 Å². The third kappa shape index (κ3) is 3.54. The van der Waals surface area contributed by atoms with Crippen molar-refractivity contribution in [3.8, 4) is 5.75 Å². The zero-order valence-electron chi connectivity index (χ0n) is 14.6. The molecule has 1 aromatic heterocycles. The van der Waals surface area contributed by atoms with Crippen LogP contribution in [0.1, 0.15) is 34.9 Å². The third-order valence-electron chi connectivity index (χ3n) is 5.24. The molecule has 1 aliphatic heterocycles. The summed E-state index contributed by atoms with van der Waals surface area (Å²) in [7, 11) is 0. The van der Waals surface area contributed by atoms with Gasteiger partial charge in [-0.2, -0.15) is 4.98 Å². The number of hydrogen-bond acceptors (Lipinski definition) is 6. The van der Waals surface area contributed by atoms with Crippen LogP contribution in [-0.4, -0.2) is 40.1 Å². The Morgan fingerprint density at radius 2 is 2.15 bits per heavy atom. The fourth-order valence-corrected chi connectivity index (χ4v) is 3.96. The third-order valence-corrected chi connectivity index (χ3v) is 5.24. The highest BCUT2D eigenvalue weighted by Gasteiger charge is 2.42. The average Bonchev–Trinajstić information content (AvgIpc) is 3.31. The van der Waals surface area contributed by atoms with Gasteiger partial charge in [-0.1, -0.05) is 17.3 Å². The number of nitrogens with two attached hydrogens (primary N) is 1. The van der Waals surface area contributed by atoms with Gasteiger partial charge in [-0.05, 0) is 36.8 Å². The maximum atomic E-state index is 13.0. The van der Waals surface area contributed by atoms with Crippen LogP contribution in [0.5, 0.6) is 5.75 Å². The van der Waals surface area contributed by atoms with Crippen LogP contribution < -0.4 is 10.5 Å². The summed E-state index contributed by atoms with van der Waals surface area (Å²) >= 11 is 0. The number of likely N-dealkylation sites (tertiary alicyclic amines) is 1. The van der Waals surface area contributed by atoms with E-state index < -0.39 is 0 Å². The van der Waals surface area contributed by atoms with Crippen LogP contribution in [0, 0.1) is 18.8 Å². The van der Waals surface area contributed by atoms with E-state index in [1.54, 1.807) is 19.1 Å². The van der Waals surface area contributed by atoms with Crippen molar-refractivity contribution in [3.63, 3.8) is 0 Å². The van der Waals surface area contributed by atoms with Gasteiger partial charge in [-0.15, -0.1) is 12.4 Å². The van der Waals surface area contributed by atoms with Crippen molar-refractivity contribution < 1.29 is 14.1 Å². The van der Waals surface area contributed by atoms with E-state index in [1.807, 2.05) is 17.0 Å². The first-order valence-corrected chi connectivity index (χ1v) is 8.67. The van der Waals surface area contributed by atoms with E-state index in [2.05, 4.69) is 10.1 Å². The quantitative estimate of drug-likeness (QED) is 0.876. The van der Waals surface area contributed by atoms with Crippen molar-refractivity contribution in [2.24, 2.45) is 17.6 Å². The summed E-state index contributed by atoms with van der Waals surface area (Å²) in [5.41, 5.74) is 6.75.